The Kier molecular flexibility index (Phi) is 3.69. The zero-order chi connectivity index (χ0) is 14.0. The second-order valence-corrected chi connectivity index (χ2v) is 4.94. The first-order valence-electron chi connectivity index (χ1n) is 6.22. The quantitative estimate of drug-likeness (QED) is 0.652. The maximum Gasteiger partial charge on any atom is 0.338 e. The molecule has 0 amide bonds. The van der Waals surface area contributed by atoms with Crippen LogP contribution in [0.2, 0.25) is 0 Å². The van der Waals surface area contributed by atoms with Crippen LogP contribution in [0.4, 0.5) is 11.4 Å². The Morgan fingerprint density at radius 3 is 2.68 bits per heavy atom. The second kappa shape index (κ2) is 5.26. The highest BCUT2D eigenvalue weighted by molar-refractivity contribution is 5.95. The summed E-state index contributed by atoms with van der Waals surface area (Å²) < 4.78 is 0. The third-order valence-electron chi connectivity index (χ3n) is 3.59. The van der Waals surface area contributed by atoms with E-state index in [1.807, 2.05) is 11.9 Å². The van der Waals surface area contributed by atoms with E-state index in [1.165, 1.54) is 31.4 Å². The average molecular weight is 264 g/mol. The Morgan fingerprint density at radius 1 is 1.53 bits per heavy atom. The minimum absolute atomic E-state index is 0.0176. The fraction of sp³-hybridized carbons (Fsp3) is 0.462. The van der Waals surface area contributed by atoms with Crippen molar-refractivity contribution in [1.29, 1.82) is 0 Å². The van der Waals surface area contributed by atoms with Crippen molar-refractivity contribution in [1.82, 2.24) is 0 Å². The molecule has 1 aromatic carbocycles. The third-order valence-corrected chi connectivity index (χ3v) is 3.59. The number of carboxylic acids is 1. The Bertz CT molecular complexity index is 511. The van der Waals surface area contributed by atoms with E-state index in [0.717, 1.165) is 12.6 Å². The topological polar surface area (TPSA) is 83.7 Å². The monoisotopic (exact) mass is 264 g/mol. The summed E-state index contributed by atoms with van der Waals surface area (Å²) in [7, 11) is 1.83. The average Bonchev–Trinajstić information content (AvgIpc) is 2.32. The van der Waals surface area contributed by atoms with Crippen LogP contribution in [0.15, 0.2) is 18.2 Å². The number of nitro groups is 1. The van der Waals surface area contributed by atoms with E-state index in [1.54, 1.807) is 0 Å². The van der Waals surface area contributed by atoms with Gasteiger partial charge in [-0.25, -0.2) is 4.79 Å². The van der Waals surface area contributed by atoms with Crippen LogP contribution in [0.3, 0.4) is 0 Å². The summed E-state index contributed by atoms with van der Waals surface area (Å²) in [5, 5.41) is 19.9. The number of carbonyl (C=O) groups is 1. The summed E-state index contributed by atoms with van der Waals surface area (Å²) in [6.07, 6.45) is 3.56. The summed E-state index contributed by atoms with van der Waals surface area (Å²) in [6.45, 7) is 0.790. The first-order valence-corrected chi connectivity index (χ1v) is 6.22. The molecule has 1 aromatic rings. The minimum atomic E-state index is -1.14. The van der Waals surface area contributed by atoms with Gasteiger partial charge in [0.05, 0.1) is 16.2 Å². The largest absolute Gasteiger partial charge is 0.478 e. The number of hydrogen-bond donors (Lipinski definition) is 1. The summed E-state index contributed by atoms with van der Waals surface area (Å²) in [5.74, 6) is -0.541. The Balaban J connectivity index is 2.27. The van der Waals surface area contributed by atoms with E-state index in [4.69, 9.17) is 0 Å². The smallest absolute Gasteiger partial charge is 0.338 e. The lowest BCUT2D eigenvalue weighted by molar-refractivity contribution is -0.384. The van der Waals surface area contributed by atoms with Crippen LogP contribution >= 0.6 is 0 Å². The van der Waals surface area contributed by atoms with Crippen molar-refractivity contribution in [2.24, 2.45) is 5.92 Å². The minimum Gasteiger partial charge on any atom is -0.478 e. The maximum atomic E-state index is 11.2. The van der Waals surface area contributed by atoms with Crippen LogP contribution in [0, 0.1) is 16.0 Å². The van der Waals surface area contributed by atoms with Crippen molar-refractivity contribution >= 4 is 17.3 Å². The van der Waals surface area contributed by atoms with Crippen molar-refractivity contribution in [3.63, 3.8) is 0 Å². The van der Waals surface area contributed by atoms with Crippen molar-refractivity contribution in [3.8, 4) is 0 Å². The fourth-order valence-corrected chi connectivity index (χ4v) is 2.30. The van der Waals surface area contributed by atoms with Gasteiger partial charge in [0.25, 0.3) is 5.69 Å². The molecule has 1 aliphatic rings. The number of non-ortho nitro benzene ring substituents is 1. The lowest BCUT2D eigenvalue weighted by Crippen LogP contribution is -2.30. The highest BCUT2D eigenvalue weighted by Gasteiger charge is 2.23. The number of hydrogen-bond acceptors (Lipinski definition) is 4. The van der Waals surface area contributed by atoms with Crippen molar-refractivity contribution < 1.29 is 14.8 Å². The van der Waals surface area contributed by atoms with E-state index in [9.17, 15) is 20.0 Å². The second-order valence-electron chi connectivity index (χ2n) is 4.94. The molecule has 0 heterocycles. The standard InChI is InChI=1S/C13H16N2O4/c1-14(8-9-3-2-4-9)12-6-5-10(15(18)19)7-11(12)13(16)17/h5-7,9H,2-4,8H2,1H3,(H,16,17). The molecule has 0 atom stereocenters. The van der Waals surface area contributed by atoms with Crippen LogP contribution in [0.25, 0.3) is 0 Å². The number of carboxylic acid groups (broad SMARTS) is 1. The predicted molar refractivity (Wildman–Crippen MR) is 70.7 cm³/mol. The first-order chi connectivity index (χ1) is 8.99. The van der Waals surface area contributed by atoms with Gasteiger partial charge in [0.15, 0.2) is 0 Å². The molecule has 0 saturated heterocycles. The van der Waals surface area contributed by atoms with Gasteiger partial charge in [0.1, 0.15) is 0 Å². The highest BCUT2D eigenvalue weighted by atomic mass is 16.6. The van der Waals surface area contributed by atoms with Crippen molar-refractivity contribution in [2.75, 3.05) is 18.5 Å². The summed E-state index contributed by atoms with van der Waals surface area (Å²) in [4.78, 5) is 23.2. The van der Waals surface area contributed by atoms with Gasteiger partial charge >= 0.3 is 5.97 Å². The maximum absolute atomic E-state index is 11.2. The zero-order valence-electron chi connectivity index (χ0n) is 10.7. The molecule has 1 fully saturated rings. The Labute approximate surface area is 110 Å². The molecule has 1 aliphatic carbocycles. The van der Waals surface area contributed by atoms with Crippen LogP contribution in [0.5, 0.6) is 0 Å². The first kappa shape index (κ1) is 13.3. The molecule has 0 spiro atoms. The molecule has 6 heteroatoms. The molecule has 1 N–H and O–H groups in total. The van der Waals surface area contributed by atoms with Gasteiger partial charge < -0.3 is 10.0 Å². The van der Waals surface area contributed by atoms with E-state index in [2.05, 4.69) is 0 Å². The molecular weight excluding hydrogens is 248 g/mol. The molecule has 0 unspecified atom stereocenters. The lowest BCUT2D eigenvalue weighted by atomic mass is 9.85. The normalized spacial score (nSPS) is 14.8. The van der Waals surface area contributed by atoms with E-state index >= 15 is 0 Å². The third kappa shape index (κ3) is 2.83. The summed E-state index contributed by atoms with van der Waals surface area (Å²) in [5.41, 5.74) is 0.319. The van der Waals surface area contributed by atoms with Crippen LogP contribution in [0.1, 0.15) is 29.6 Å². The molecule has 1 saturated carbocycles. The number of nitro benzene ring substituents is 1. The van der Waals surface area contributed by atoms with Crippen LogP contribution in [-0.2, 0) is 0 Å². The molecule has 0 bridgehead atoms. The molecule has 19 heavy (non-hydrogen) atoms. The highest BCUT2D eigenvalue weighted by Crippen LogP contribution is 2.30. The van der Waals surface area contributed by atoms with E-state index in [0.29, 0.717) is 11.6 Å². The van der Waals surface area contributed by atoms with Crippen molar-refractivity contribution in [2.45, 2.75) is 19.3 Å². The predicted octanol–water partition coefficient (Wildman–Crippen LogP) is 2.53. The van der Waals surface area contributed by atoms with Gasteiger partial charge in [-0.1, -0.05) is 6.42 Å². The van der Waals surface area contributed by atoms with Crippen molar-refractivity contribution in [3.05, 3.63) is 33.9 Å². The number of rotatable bonds is 5. The van der Waals surface area contributed by atoms with Gasteiger partial charge in [0, 0.05) is 25.7 Å². The molecule has 102 valence electrons. The van der Waals surface area contributed by atoms with E-state index in [-0.39, 0.29) is 11.3 Å². The Morgan fingerprint density at radius 2 is 2.21 bits per heavy atom. The van der Waals surface area contributed by atoms with Gasteiger partial charge in [-0.05, 0) is 24.8 Å². The number of benzene rings is 1. The number of anilines is 1. The van der Waals surface area contributed by atoms with Crippen LogP contribution in [-0.4, -0.2) is 29.6 Å². The van der Waals surface area contributed by atoms with Gasteiger partial charge in [-0.2, -0.15) is 0 Å². The molecule has 0 radical (unpaired) electrons. The molecule has 0 aromatic heterocycles. The Hall–Kier alpha value is -2.11. The molecule has 6 nitrogen and oxygen atoms in total. The number of nitrogens with zero attached hydrogens (tertiary/aromatic N) is 2. The van der Waals surface area contributed by atoms with E-state index < -0.39 is 10.9 Å². The lowest BCUT2D eigenvalue weighted by Gasteiger charge is -2.31. The van der Waals surface area contributed by atoms with Gasteiger partial charge in [0.2, 0.25) is 0 Å². The summed E-state index contributed by atoms with van der Waals surface area (Å²) in [6, 6.07) is 3.98. The molecule has 0 aliphatic heterocycles. The van der Waals surface area contributed by atoms with Gasteiger partial charge in [-0.3, -0.25) is 10.1 Å². The fourth-order valence-electron chi connectivity index (χ4n) is 2.30. The number of aromatic carboxylic acids is 1. The SMILES string of the molecule is CN(CC1CCC1)c1ccc([N+](=O)[O-])cc1C(=O)O. The molecular formula is C13H16N2O4. The van der Waals surface area contributed by atoms with Crippen LogP contribution < -0.4 is 4.90 Å². The molecule has 2 rings (SSSR count). The van der Waals surface area contributed by atoms with Gasteiger partial charge in [-0.15, -0.1) is 0 Å². The zero-order valence-corrected chi connectivity index (χ0v) is 10.7. The summed E-state index contributed by atoms with van der Waals surface area (Å²) >= 11 is 0.